The molecule has 1 N–H and O–H groups in total. The number of carbonyl (C=O) groups is 1. The summed E-state index contributed by atoms with van der Waals surface area (Å²) in [6, 6.07) is 10.3. The minimum absolute atomic E-state index is 0.0374. The molecule has 2 fully saturated rings. The van der Waals surface area contributed by atoms with Gasteiger partial charge in [-0.1, -0.05) is 24.3 Å². The number of hydrogen-bond donors (Lipinski definition) is 1. The van der Waals surface area contributed by atoms with Crippen LogP contribution < -0.4 is 10.1 Å². The van der Waals surface area contributed by atoms with Gasteiger partial charge in [0.15, 0.2) is 0 Å². The second-order valence-electron chi connectivity index (χ2n) is 7.92. The Kier molecular flexibility index (Phi) is 6.81. The smallest absolute Gasteiger partial charge is 0.231 e. The normalized spacial score (nSPS) is 20.6. The van der Waals surface area contributed by atoms with Crippen molar-refractivity contribution in [3.63, 3.8) is 0 Å². The summed E-state index contributed by atoms with van der Waals surface area (Å²) in [5, 5.41) is 7.54. The van der Waals surface area contributed by atoms with Crippen molar-refractivity contribution in [3.8, 4) is 5.75 Å². The third kappa shape index (κ3) is 5.09. The lowest BCUT2D eigenvalue weighted by Crippen LogP contribution is -2.35. The largest absolute Gasteiger partial charge is 0.497 e. The van der Waals surface area contributed by atoms with Crippen LogP contribution in [-0.2, 0) is 9.53 Å². The summed E-state index contributed by atoms with van der Waals surface area (Å²) in [7, 11) is 1.68. The van der Waals surface area contributed by atoms with Crippen LogP contribution in [0.2, 0.25) is 0 Å². The Labute approximate surface area is 177 Å². The second-order valence-corrected chi connectivity index (χ2v) is 7.92. The molecule has 2 saturated heterocycles. The average Bonchev–Trinajstić information content (AvgIpc) is 3.47. The van der Waals surface area contributed by atoms with Gasteiger partial charge in [0.2, 0.25) is 5.91 Å². The Balaban J connectivity index is 1.26. The van der Waals surface area contributed by atoms with Crippen LogP contribution in [0.25, 0.3) is 6.08 Å². The summed E-state index contributed by atoms with van der Waals surface area (Å²) < 4.78 is 12.5. The van der Waals surface area contributed by atoms with E-state index >= 15 is 0 Å². The molecule has 0 saturated carbocycles. The van der Waals surface area contributed by atoms with Gasteiger partial charge in [-0.2, -0.15) is 5.10 Å². The maximum atomic E-state index is 12.4. The van der Waals surface area contributed by atoms with E-state index in [0.29, 0.717) is 19.3 Å². The zero-order valence-corrected chi connectivity index (χ0v) is 17.5. The van der Waals surface area contributed by atoms with Crippen LogP contribution in [0.4, 0.5) is 5.82 Å². The lowest BCUT2D eigenvalue weighted by Gasteiger charge is -2.32. The molecule has 1 aromatic carbocycles. The number of anilines is 1. The first-order chi connectivity index (χ1) is 14.7. The monoisotopic (exact) mass is 410 g/mol. The number of amides is 1. The Morgan fingerprint density at radius 3 is 2.73 bits per heavy atom. The Hall–Kier alpha value is -2.64. The highest BCUT2D eigenvalue weighted by Gasteiger charge is 2.26. The lowest BCUT2D eigenvalue weighted by atomic mass is 10.0. The summed E-state index contributed by atoms with van der Waals surface area (Å²) in [4.78, 5) is 14.9. The van der Waals surface area contributed by atoms with Crippen molar-refractivity contribution in [3.05, 3.63) is 48.2 Å². The molecule has 0 radical (unpaired) electrons. The SMILES string of the molecule is COc1ccc(C=CCN2CCC(n3nccc3NC(=O)C3CCOC3)CC2)cc1. The van der Waals surface area contributed by atoms with Gasteiger partial charge in [-0.25, -0.2) is 4.68 Å². The van der Waals surface area contributed by atoms with E-state index in [0.717, 1.165) is 50.5 Å². The van der Waals surface area contributed by atoms with Crippen LogP contribution in [0.1, 0.15) is 30.9 Å². The molecule has 0 spiro atoms. The summed E-state index contributed by atoms with van der Waals surface area (Å²) in [6.07, 6.45) is 8.97. The Morgan fingerprint density at radius 1 is 1.23 bits per heavy atom. The van der Waals surface area contributed by atoms with E-state index < -0.39 is 0 Å². The molecule has 160 valence electrons. The molecule has 7 nitrogen and oxygen atoms in total. The van der Waals surface area contributed by atoms with Crippen LogP contribution in [0.5, 0.6) is 5.75 Å². The van der Waals surface area contributed by atoms with Gasteiger partial charge in [0.25, 0.3) is 0 Å². The third-order valence-electron chi connectivity index (χ3n) is 5.91. The summed E-state index contributed by atoms with van der Waals surface area (Å²) in [6.45, 7) is 4.15. The fourth-order valence-corrected chi connectivity index (χ4v) is 4.07. The molecule has 2 aliphatic rings. The molecule has 0 bridgehead atoms. The number of piperidine rings is 1. The third-order valence-corrected chi connectivity index (χ3v) is 5.91. The molecule has 1 unspecified atom stereocenters. The second kappa shape index (κ2) is 9.91. The molecule has 1 aromatic heterocycles. The highest BCUT2D eigenvalue weighted by atomic mass is 16.5. The maximum absolute atomic E-state index is 12.4. The highest BCUT2D eigenvalue weighted by molar-refractivity contribution is 5.92. The molecule has 7 heteroatoms. The van der Waals surface area contributed by atoms with E-state index in [1.165, 1.54) is 5.56 Å². The van der Waals surface area contributed by atoms with Gasteiger partial charge < -0.3 is 14.8 Å². The van der Waals surface area contributed by atoms with Gasteiger partial charge in [-0.15, -0.1) is 0 Å². The van der Waals surface area contributed by atoms with Crippen LogP contribution in [0.15, 0.2) is 42.6 Å². The van der Waals surface area contributed by atoms with Crippen LogP contribution >= 0.6 is 0 Å². The van der Waals surface area contributed by atoms with E-state index in [1.54, 1.807) is 13.3 Å². The number of benzene rings is 1. The first-order valence-corrected chi connectivity index (χ1v) is 10.7. The van der Waals surface area contributed by atoms with Gasteiger partial charge in [0.05, 0.1) is 31.9 Å². The van der Waals surface area contributed by atoms with E-state index in [9.17, 15) is 4.79 Å². The van der Waals surface area contributed by atoms with Gasteiger partial charge in [0, 0.05) is 32.3 Å². The minimum atomic E-state index is -0.0484. The van der Waals surface area contributed by atoms with Crippen molar-refractivity contribution in [2.45, 2.75) is 25.3 Å². The number of nitrogens with zero attached hydrogens (tertiary/aromatic N) is 3. The van der Waals surface area contributed by atoms with Crippen LogP contribution in [0.3, 0.4) is 0 Å². The van der Waals surface area contributed by atoms with Crippen LogP contribution in [-0.4, -0.2) is 60.5 Å². The average molecular weight is 411 g/mol. The molecule has 1 amide bonds. The topological polar surface area (TPSA) is 68.6 Å². The maximum Gasteiger partial charge on any atom is 0.231 e. The number of rotatable bonds is 7. The van der Waals surface area contributed by atoms with E-state index in [1.807, 2.05) is 22.9 Å². The number of nitrogens with one attached hydrogen (secondary N) is 1. The van der Waals surface area contributed by atoms with Gasteiger partial charge in [0.1, 0.15) is 11.6 Å². The number of carbonyl (C=O) groups excluding carboxylic acids is 1. The quantitative estimate of drug-likeness (QED) is 0.759. The summed E-state index contributed by atoms with van der Waals surface area (Å²) in [5.74, 6) is 1.66. The zero-order chi connectivity index (χ0) is 20.8. The molecular formula is C23H30N4O3. The Morgan fingerprint density at radius 2 is 2.03 bits per heavy atom. The zero-order valence-electron chi connectivity index (χ0n) is 17.5. The number of likely N-dealkylation sites (tertiary alicyclic amines) is 1. The first-order valence-electron chi connectivity index (χ1n) is 10.7. The van der Waals surface area contributed by atoms with Crippen LogP contribution in [0, 0.1) is 5.92 Å². The predicted octanol–water partition coefficient (Wildman–Crippen LogP) is 3.22. The summed E-state index contributed by atoms with van der Waals surface area (Å²) >= 11 is 0. The predicted molar refractivity (Wildman–Crippen MR) is 117 cm³/mol. The molecule has 30 heavy (non-hydrogen) atoms. The van der Waals surface area contributed by atoms with Crippen molar-refractivity contribution in [2.75, 3.05) is 45.3 Å². The number of ether oxygens (including phenoxy) is 2. The first kappa shape index (κ1) is 20.6. The number of methoxy groups -OCH3 is 1. The minimum Gasteiger partial charge on any atom is -0.497 e. The molecule has 1 atom stereocenters. The van der Waals surface area contributed by atoms with Crippen molar-refractivity contribution in [2.24, 2.45) is 5.92 Å². The molecule has 4 rings (SSSR count). The molecule has 2 aromatic rings. The van der Waals surface area contributed by atoms with Crippen molar-refractivity contribution < 1.29 is 14.3 Å². The lowest BCUT2D eigenvalue weighted by molar-refractivity contribution is -0.119. The van der Waals surface area contributed by atoms with E-state index in [4.69, 9.17) is 9.47 Å². The Bertz CT molecular complexity index is 848. The van der Waals surface area contributed by atoms with E-state index in [-0.39, 0.29) is 11.8 Å². The van der Waals surface area contributed by atoms with Gasteiger partial charge in [-0.3, -0.25) is 9.69 Å². The molecule has 3 heterocycles. The highest BCUT2D eigenvalue weighted by Crippen LogP contribution is 2.26. The molecule has 2 aliphatic heterocycles. The van der Waals surface area contributed by atoms with Gasteiger partial charge in [-0.05, 0) is 37.0 Å². The van der Waals surface area contributed by atoms with E-state index in [2.05, 4.69) is 39.6 Å². The van der Waals surface area contributed by atoms with Gasteiger partial charge >= 0.3 is 0 Å². The van der Waals surface area contributed by atoms with Crippen molar-refractivity contribution in [1.29, 1.82) is 0 Å². The summed E-state index contributed by atoms with van der Waals surface area (Å²) in [5.41, 5.74) is 1.18. The number of aromatic nitrogens is 2. The fraction of sp³-hybridized carbons (Fsp3) is 0.478. The molecule has 0 aliphatic carbocycles. The van der Waals surface area contributed by atoms with Crippen molar-refractivity contribution >= 4 is 17.8 Å². The number of hydrogen-bond acceptors (Lipinski definition) is 5. The standard InChI is InChI=1S/C23H30N4O3/c1-29-21-6-4-18(5-7-21)3-2-13-26-14-9-20(10-15-26)27-22(8-12-24-27)25-23(28)19-11-16-30-17-19/h2-8,12,19-20H,9-11,13-17H2,1H3,(H,25,28). The van der Waals surface area contributed by atoms with Crippen molar-refractivity contribution in [1.82, 2.24) is 14.7 Å². The fourth-order valence-electron chi connectivity index (χ4n) is 4.07. The molecular weight excluding hydrogens is 380 g/mol.